The molecule has 2 heterocycles. The Bertz CT molecular complexity index is 785. The minimum Gasteiger partial charge on any atom is -0.304 e. The minimum absolute atomic E-state index is 0.0286. The molecule has 9 nitrogen and oxygen atoms in total. The van der Waals surface area contributed by atoms with Crippen molar-refractivity contribution in [1.29, 1.82) is 0 Å². The van der Waals surface area contributed by atoms with Gasteiger partial charge in [-0.15, -0.1) is 0 Å². The molecule has 2 aliphatic rings. The van der Waals surface area contributed by atoms with Crippen molar-refractivity contribution in [2.45, 2.75) is 10.9 Å². The summed E-state index contributed by atoms with van der Waals surface area (Å²) in [4.78, 5) is 19.7. The van der Waals surface area contributed by atoms with Crippen LogP contribution in [-0.4, -0.2) is 118 Å². The van der Waals surface area contributed by atoms with Crippen LogP contribution in [0, 0.1) is 10.1 Å². The van der Waals surface area contributed by atoms with Crippen molar-refractivity contribution in [2.75, 3.05) is 78.8 Å². The van der Waals surface area contributed by atoms with E-state index >= 15 is 0 Å². The van der Waals surface area contributed by atoms with Crippen LogP contribution in [0.25, 0.3) is 0 Å². The minimum atomic E-state index is -3.54. The van der Waals surface area contributed by atoms with Gasteiger partial charge in [0, 0.05) is 77.1 Å². The van der Waals surface area contributed by atoms with Gasteiger partial charge in [0.25, 0.3) is 5.69 Å². The maximum atomic E-state index is 13.1. The SMILES string of the molecule is CN1CCN(CC(CS(=O)(=O)c2ccc([N+](=O)[O-])cc2)N2CCN(C)CC2)CC1. The van der Waals surface area contributed by atoms with E-state index in [-0.39, 0.29) is 22.4 Å². The highest BCUT2D eigenvalue weighted by atomic mass is 32.2. The second-order valence-electron chi connectivity index (χ2n) is 8.13. The quantitative estimate of drug-likeness (QED) is 0.453. The van der Waals surface area contributed by atoms with E-state index in [1.54, 1.807) is 0 Å². The summed E-state index contributed by atoms with van der Waals surface area (Å²) < 4.78 is 26.2. The number of sulfone groups is 1. The highest BCUT2D eigenvalue weighted by Crippen LogP contribution is 2.20. The molecular weight excluding hydrogens is 394 g/mol. The van der Waals surface area contributed by atoms with Gasteiger partial charge in [0.2, 0.25) is 0 Å². The molecular formula is C19H31N5O4S. The monoisotopic (exact) mass is 425 g/mol. The molecule has 2 saturated heterocycles. The summed E-state index contributed by atoms with van der Waals surface area (Å²) in [6, 6.07) is 5.14. The first-order valence-corrected chi connectivity index (χ1v) is 11.7. The first-order valence-electron chi connectivity index (χ1n) is 10.1. The molecule has 0 saturated carbocycles. The van der Waals surface area contributed by atoms with Crippen LogP contribution in [0.2, 0.25) is 0 Å². The van der Waals surface area contributed by atoms with Gasteiger partial charge in [0.1, 0.15) is 0 Å². The molecule has 1 aromatic rings. The Morgan fingerprint density at radius 3 is 1.97 bits per heavy atom. The number of piperazine rings is 2. The van der Waals surface area contributed by atoms with Crippen LogP contribution in [0.4, 0.5) is 5.69 Å². The molecule has 0 spiro atoms. The van der Waals surface area contributed by atoms with Crippen LogP contribution in [0.3, 0.4) is 0 Å². The van der Waals surface area contributed by atoms with E-state index in [2.05, 4.69) is 33.7 Å². The molecule has 0 bridgehead atoms. The first-order chi connectivity index (χ1) is 13.7. The van der Waals surface area contributed by atoms with Crippen molar-refractivity contribution in [3.8, 4) is 0 Å². The Kier molecular flexibility index (Phi) is 7.23. The summed E-state index contributed by atoms with van der Waals surface area (Å²) in [5, 5.41) is 10.9. The number of hydrogen-bond donors (Lipinski definition) is 0. The number of likely N-dealkylation sites (N-methyl/N-ethyl adjacent to an activating group) is 2. The molecule has 0 radical (unpaired) electrons. The lowest BCUT2D eigenvalue weighted by molar-refractivity contribution is -0.384. The van der Waals surface area contributed by atoms with E-state index in [4.69, 9.17) is 0 Å². The smallest absolute Gasteiger partial charge is 0.269 e. The fourth-order valence-electron chi connectivity index (χ4n) is 3.91. The van der Waals surface area contributed by atoms with E-state index in [0.717, 1.165) is 58.9 Å². The second kappa shape index (κ2) is 9.48. The largest absolute Gasteiger partial charge is 0.304 e. The molecule has 2 aliphatic heterocycles. The normalized spacial score (nSPS) is 21.9. The number of nitrogens with zero attached hydrogens (tertiary/aromatic N) is 5. The summed E-state index contributed by atoms with van der Waals surface area (Å²) in [7, 11) is 0.648. The molecule has 3 rings (SSSR count). The van der Waals surface area contributed by atoms with Gasteiger partial charge < -0.3 is 9.80 Å². The predicted octanol–water partition coefficient (Wildman–Crippen LogP) is 0.232. The summed E-state index contributed by atoms with van der Waals surface area (Å²) >= 11 is 0. The summed E-state index contributed by atoms with van der Waals surface area (Å²) in [5.74, 6) is 0.0286. The van der Waals surface area contributed by atoms with Gasteiger partial charge >= 0.3 is 0 Å². The van der Waals surface area contributed by atoms with Crippen LogP contribution < -0.4 is 0 Å². The van der Waals surface area contributed by atoms with Gasteiger partial charge in [0.15, 0.2) is 9.84 Å². The second-order valence-corrected chi connectivity index (χ2v) is 10.2. The molecule has 1 aromatic carbocycles. The van der Waals surface area contributed by atoms with E-state index in [1.165, 1.54) is 24.3 Å². The van der Waals surface area contributed by atoms with E-state index in [9.17, 15) is 18.5 Å². The van der Waals surface area contributed by atoms with Crippen LogP contribution >= 0.6 is 0 Å². The Morgan fingerprint density at radius 1 is 0.931 bits per heavy atom. The van der Waals surface area contributed by atoms with Crippen molar-refractivity contribution in [3.05, 3.63) is 34.4 Å². The zero-order valence-electron chi connectivity index (χ0n) is 17.2. The van der Waals surface area contributed by atoms with Gasteiger partial charge in [-0.3, -0.25) is 19.9 Å². The third kappa shape index (κ3) is 5.95. The van der Waals surface area contributed by atoms with Crippen LogP contribution in [-0.2, 0) is 9.84 Å². The maximum absolute atomic E-state index is 13.1. The fourth-order valence-corrected chi connectivity index (χ4v) is 5.48. The maximum Gasteiger partial charge on any atom is 0.269 e. The number of rotatable bonds is 7. The molecule has 29 heavy (non-hydrogen) atoms. The van der Waals surface area contributed by atoms with Crippen molar-refractivity contribution < 1.29 is 13.3 Å². The molecule has 1 unspecified atom stereocenters. The Hall–Kier alpha value is -1.59. The van der Waals surface area contributed by atoms with Gasteiger partial charge in [-0.2, -0.15) is 0 Å². The van der Waals surface area contributed by atoms with E-state index in [1.807, 2.05) is 0 Å². The number of benzene rings is 1. The van der Waals surface area contributed by atoms with Crippen molar-refractivity contribution in [1.82, 2.24) is 19.6 Å². The van der Waals surface area contributed by atoms with Gasteiger partial charge in [-0.05, 0) is 26.2 Å². The molecule has 0 N–H and O–H groups in total. The topological polar surface area (TPSA) is 90.2 Å². The highest BCUT2D eigenvalue weighted by Gasteiger charge is 2.30. The van der Waals surface area contributed by atoms with Crippen molar-refractivity contribution >= 4 is 15.5 Å². The standard InChI is InChI=1S/C19H31N5O4S/c1-20-7-11-22(12-8-20)15-18(23-13-9-21(2)10-14-23)16-29(27,28)19-5-3-17(4-6-19)24(25)26/h3-6,18H,7-16H2,1-2H3. The number of nitro groups is 1. The van der Waals surface area contributed by atoms with Crippen LogP contribution in [0.5, 0.6) is 0 Å². The van der Waals surface area contributed by atoms with Crippen LogP contribution in [0.1, 0.15) is 0 Å². The van der Waals surface area contributed by atoms with E-state index < -0.39 is 14.8 Å². The third-order valence-electron chi connectivity index (χ3n) is 5.94. The van der Waals surface area contributed by atoms with E-state index in [0.29, 0.717) is 0 Å². The zero-order valence-corrected chi connectivity index (χ0v) is 18.1. The Labute approximate surface area is 172 Å². The molecule has 0 aliphatic carbocycles. The molecule has 1 atom stereocenters. The number of nitro benzene ring substituents is 1. The molecule has 162 valence electrons. The third-order valence-corrected chi connectivity index (χ3v) is 7.75. The molecule has 0 aromatic heterocycles. The van der Waals surface area contributed by atoms with Crippen molar-refractivity contribution in [2.24, 2.45) is 0 Å². The predicted molar refractivity (Wildman–Crippen MR) is 112 cm³/mol. The number of non-ortho nitro benzene ring substituents is 1. The average molecular weight is 426 g/mol. The first kappa shape index (κ1) is 22.1. The van der Waals surface area contributed by atoms with Gasteiger partial charge in [0.05, 0.1) is 15.6 Å². The van der Waals surface area contributed by atoms with Gasteiger partial charge in [-0.25, -0.2) is 8.42 Å². The summed E-state index contributed by atoms with van der Waals surface area (Å²) in [5.41, 5.74) is -0.1000. The van der Waals surface area contributed by atoms with Crippen LogP contribution in [0.15, 0.2) is 29.2 Å². The molecule has 2 fully saturated rings. The molecule has 0 amide bonds. The Balaban J connectivity index is 1.74. The van der Waals surface area contributed by atoms with Gasteiger partial charge in [-0.1, -0.05) is 0 Å². The zero-order chi connectivity index (χ0) is 21.0. The summed E-state index contributed by atoms with van der Waals surface area (Å²) in [6.45, 7) is 8.15. The molecule has 10 heteroatoms. The Morgan fingerprint density at radius 2 is 1.45 bits per heavy atom. The average Bonchev–Trinajstić information content (AvgIpc) is 2.69. The lowest BCUT2D eigenvalue weighted by atomic mass is 10.2. The van der Waals surface area contributed by atoms with Crippen molar-refractivity contribution in [3.63, 3.8) is 0 Å². The lowest BCUT2D eigenvalue weighted by Gasteiger charge is -2.41. The highest BCUT2D eigenvalue weighted by molar-refractivity contribution is 7.91. The fraction of sp³-hybridized carbons (Fsp3) is 0.684. The number of hydrogen-bond acceptors (Lipinski definition) is 8. The summed E-state index contributed by atoms with van der Waals surface area (Å²) in [6.07, 6.45) is 0. The lowest BCUT2D eigenvalue weighted by Crippen LogP contribution is -2.56.